The summed E-state index contributed by atoms with van der Waals surface area (Å²) in [7, 11) is 0. The zero-order valence-electron chi connectivity index (χ0n) is 11.7. The Kier molecular flexibility index (Phi) is 5.68. The van der Waals surface area contributed by atoms with Crippen LogP contribution in [0.5, 0.6) is 0 Å². The molecule has 0 amide bonds. The average Bonchev–Trinajstić information content (AvgIpc) is 2.73. The summed E-state index contributed by atoms with van der Waals surface area (Å²) in [5, 5.41) is 8.13. The molecule has 0 spiro atoms. The predicted molar refractivity (Wildman–Crippen MR) is 91.4 cm³/mol. The number of nitrogens with zero attached hydrogens (tertiary/aromatic N) is 2. The van der Waals surface area contributed by atoms with E-state index < -0.39 is 0 Å². The van der Waals surface area contributed by atoms with Gasteiger partial charge in [0.15, 0.2) is 0 Å². The van der Waals surface area contributed by atoms with Crippen LogP contribution < -0.4 is 5.32 Å². The molecule has 21 heavy (non-hydrogen) atoms. The van der Waals surface area contributed by atoms with Gasteiger partial charge in [-0.3, -0.25) is 4.68 Å². The van der Waals surface area contributed by atoms with Gasteiger partial charge in [-0.1, -0.05) is 18.5 Å². The zero-order chi connectivity index (χ0) is 15.6. The van der Waals surface area contributed by atoms with Crippen LogP contribution in [0.15, 0.2) is 21.1 Å². The lowest BCUT2D eigenvalue weighted by Crippen LogP contribution is -2.09. The third kappa shape index (κ3) is 3.60. The molecule has 0 saturated heterocycles. The fourth-order valence-electron chi connectivity index (χ4n) is 2.07. The summed E-state index contributed by atoms with van der Waals surface area (Å²) in [6, 6.07) is 2.68. The van der Waals surface area contributed by atoms with E-state index in [1.807, 2.05) is 11.6 Å². The Morgan fingerprint density at radius 2 is 2.05 bits per heavy atom. The van der Waals surface area contributed by atoms with Crippen LogP contribution in [0.25, 0.3) is 0 Å². The van der Waals surface area contributed by atoms with Crippen LogP contribution in [-0.4, -0.2) is 9.78 Å². The Bertz CT molecular complexity index is 635. The smallest absolute Gasteiger partial charge is 0.125 e. The van der Waals surface area contributed by atoms with Gasteiger partial charge in [-0.2, -0.15) is 5.10 Å². The van der Waals surface area contributed by atoms with Gasteiger partial charge in [0, 0.05) is 11.0 Å². The van der Waals surface area contributed by atoms with E-state index in [-0.39, 0.29) is 5.82 Å². The van der Waals surface area contributed by atoms with Crippen molar-refractivity contribution in [1.29, 1.82) is 0 Å². The number of benzene rings is 1. The molecule has 0 atom stereocenters. The van der Waals surface area contributed by atoms with Gasteiger partial charge in [0.2, 0.25) is 0 Å². The third-order valence-electron chi connectivity index (χ3n) is 3.13. The van der Waals surface area contributed by atoms with E-state index in [9.17, 15) is 4.39 Å². The number of halogens is 4. The van der Waals surface area contributed by atoms with Crippen molar-refractivity contribution in [3.05, 3.63) is 43.3 Å². The highest BCUT2D eigenvalue weighted by atomic mass is 79.9. The molecule has 2 aromatic rings. The van der Waals surface area contributed by atoms with Crippen LogP contribution in [-0.2, 0) is 19.5 Å². The molecule has 1 N–H and O–H groups in total. The maximum absolute atomic E-state index is 13.2. The molecule has 7 heteroatoms. The molecule has 0 aliphatic carbocycles. The lowest BCUT2D eigenvalue weighted by atomic mass is 10.2. The van der Waals surface area contributed by atoms with Crippen LogP contribution in [0.1, 0.15) is 25.2 Å². The second kappa shape index (κ2) is 7.11. The normalized spacial score (nSPS) is 11.0. The van der Waals surface area contributed by atoms with Crippen molar-refractivity contribution in [2.75, 3.05) is 5.32 Å². The minimum atomic E-state index is -0.370. The number of aryl methyl sites for hydroxylation is 2. The fourth-order valence-corrected chi connectivity index (χ4v) is 3.73. The Morgan fingerprint density at radius 1 is 1.33 bits per heavy atom. The van der Waals surface area contributed by atoms with Gasteiger partial charge in [0.25, 0.3) is 0 Å². The summed E-state index contributed by atoms with van der Waals surface area (Å²) in [6.45, 7) is 5.44. The number of hydrogen-bond acceptors (Lipinski definition) is 2. The summed E-state index contributed by atoms with van der Waals surface area (Å²) in [5.41, 5.74) is 2.74. The number of nitrogens with one attached hydrogen (secondary N) is 1. The summed E-state index contributed by atoms with van der Waals surface area (Å²) in [5.74, 6) is -0.370. The first-order valence-corrected chi connectivity index (χ1v) is 8.56. The molecule has 1 aromatic carbocycles. The van der Waals surface area contributed by atoms with Gasteiger partial charge in [-0.15, -0.1) is 0 Å². The fraction of sp³-hybridized carbons (Fsp3) is 0.357. The lowest BCUT2D eigenvalue weighted by Gasteiger charge is -2.12. The maximum atomic E-state index is 13.2. The number of anilines is 1. The summed E-state index contributed by atoms with van der Waals surface area (Å²) in [6.07, 6.45) is 0.863. The summed E-state index contributed by atoms with van der Waals surface area (Å²) < 4.78 is 16.8. The monoisotopic (exact) mass is 437 g/mol. The highest BCUT2D eigenvalue weighted by Crippen LogP contribution is 2.33. The Labute approximate surface area is 145 Å². The van der Waals surface area contributed by atoms with Crippen LogP contribution in [0, 0.1) is 5.82 Å². The van der Waals surface area contributed by atoms with Crippen LogP contribution >= 0.6 is 43.5 Å². The first-order chi connectivity index (χ1) is 9.97. The molecule has 0 unspecified atom stereocenters. The third-order valence-corrected chi connectivity index (χ3v) is 4.97. The predicted octanol–water partition coefficient (Wildman–Crippen LogP) is 5.40. The molecule has 1 heterocycles. The maximum Gasteiger partial charge on any atom is 0.125 e. The second-order valence-corrected chi connectivity index (χ2v) is 6.53. The quantitative estimate of drug-likeness (QED) is 0.677. The molecule has 0 saturated carbocycles. The van der Waals surface area contributed by atoms with Crippen molar-refractivity contribution in [3.8, 4) is 0 Å². The Morgan fingerprint density at radius 3 is 2.62 bits per heavy atom. The van der Waals surface area contributed by atoms with Crippen molar-refractivity contribution in [2.45, 2.75) is 33.4 Å². The van der Waals surface area contributed by atoms with Crippen LogP contribution in [0.2, 0.25) is 5.02 Å². The van der Waals surface area contributed by atoms with E-state index in [1.54, 1.807) is 0 Å². The van der Waals surface area contributed by atoms with Gasteiger partial charge >= 0.3 is 0 Å². The van der Waals surface area contributed by atoms with Crippen molar-refractivity contribution in [1.82, 2.24) is 9.78 Å². The molecule has 0 aliphatic rings. The van der Waals surface area contributed by atoms with Crippen LogP contribution in [0.4, 0.5) is 10.1 Å². The van der Waals surface area contributed by atoms with E-state index in [1.165, 1.54) is 12.1 Å². The number of rotatable bonds is 5. The molecule has 2 rings (SSSR count). The molecule has 0 radical (unpaired) electrons. The summed E-state index contributed by atoms with van der Waals surface area (Å²) in [4.78, 5) is 0. The first-order valence-electron chi connectivity index (χ1n) is 6.60. The number of hydrogen-bond donors (Lipinski definition) is 1. The highest BCUT2D eigenvalue weighted by Gasteiger charge is 2.15. The van der Waals surface area contributed by atoms with Gasteiger partial charge in [0.05, 0.1) is 33.1 Å². The molecule has 1 aromatic heterocycles. The minimum Gasteiger partial charge on any atom is -0.377 e. The van der Waals surface area contributed by atoms with Crippen molar-refractivity contribution in [2.24, 2.45) is 0 Å². The first kappa shape index (κ1) is 16.8. The largest absolute Gasteiger partial charge is 0.377 e. The topological polar surface area (TPSA) is 29.9 Å². The van der Waals surface area contributed by atoms with Crippen molar-refractivity contribution >= 4 is 49.1 Å². The SMILES string of the molecule is CCc1nn(CC)c(CNc2c(Cl)cc(F)cc2Br)c1Br. The van der Waals surface area contributed by atoms with Crippen LogP contribution in [0.3, 0.4) is 0 Å². The molecule has 114 valence electrons. The highest BCUT2D eigenvalue weighted by molar-refractivity contribution is 9.11. The van der Waals surface area contributed by atoms with Crippen molar-refractivity contribution in [3.63, 3.8) is 0 Å². The zero-order valence-corrected chi connectivity index (χ0v) is 15.6. The second-order valence-electron chi connectivity index (χ2n) is 4.47. The number of aromatic nitrogens is 2. The molecular weight excluding hydrogens is 424 g/mol. The van der Waals surface area contributed by atoms with Crippen molar-refractivity contribution < 1.29 is 4.39 Å². The molecule has 0 fully saturated rings. The average molecular weight is 440 g/mol. The summed E-state index contributed by atoms with van der Waals surface area (Å²) >= 11 is 13.0. The van der Waals surface area contributed by atoms with E-state index >= 15 is 0 Å². The standard InChI is InChI=1S/C14H15Br2ClFN3/c1-3-11-13(16)12(21(4-2)20-11)7-19-14-9(15)5-8(18)6-10(14)17/h5-6,19H,3-4,7H2,1-2H3. The van der Waals surface area contributed by atoms with E-state index in [4.69, 9.17) is 11.6 Å². The molecule has 0 aliphatic heterocycles. The van der Waals surface area contributed by atoms with Gasteiger partial charge in [0.1, 0.15) is 5.82 Å². The van der Waals surface area contributed by atoms with Gasteiger partial charge in [-0.25, -0.2) is 4.39 Å². The van der Waals surface area contributed by atoms with Gasteiger partial charge < -0.3 is 5.32 Å². The molecule has 3 nitrogen and oxygen atoms in total. The van der Waals surface area contributed by atoms with E-state index in [2.05, 4.69) is 49.2 Å². The minimum absolute atomic E-state index is 0.344. The molecule has 0 bridgehead atoms. The Hall–Kier alpha value is -0.590. The lowest BCUT2D eigenvalue weighted by molar-refractivity contribution is 0.618. The Balaban J connectivity index is 2.26. The van der Waals surface area contributed by atoms with E-state index in [0.29, 0.717) is 21.7 Å². The molecular formula is C14H15Br2ClFN3. The van der Waals surface area contributed by atoms with Gasteiger partial charge in [-0.05, 0) is 57.3 Å². The van der Waals surface area contributed by atoms with E-state index in [0.717, 1.165) is 28.8 Å².